The van der Waals surface area contributed by atoms with Gasteiger partial charge in [0, 0.05) is 5.92 Å². The molecule has 2 aliphatic rings. The van der Waals surface area contributed by atoms with Crippen LogP contribution in [0.1, 0.15) is 32.6 Å². The molecule has 3 unspecified atom stereocenters. The van der Waals surface area contributed by atoms with E-state index in [2.05, 4.69) is 12.2 Å². The maximum atomic E-state index is 11.3. The van der Waals surface area contributed by atoms with Crippen LogP contribution < -0.4 is 5.23 Å². The van der Waals surface area contributed by atoms with Crippen LogP contribution in [0, 0.1) is 11.8 Å². The number of hydrogen-bond donors (Lipinski definition) is 1. The summed E-state index contributed by atoms with van der Waals surface area (Å²) in [4.78, 5) is 11.3. The van der Waals surface area contributed by atoms with Gasteiger partial charge in [0.25, 0.3) is 0 Å². The molecule has 3 atom stereocenters. The Labute approximate surface area is 74.4 Å². The minimum atomic E-state index is 0.258. The van der Waals surface area contributed by atoms with Gasteiger partial charge in [0.15, 0.2) is 0 Å². The van der Waals surface area contributed by atoms with Gasteiger partial charge < -0.3 is 5.23 Å². The van der Waals surface area contributed by atoms with Crippen molar-refractivity contribution in [1.29, 1.82) is 0 Å². The highest BCUT2D eigenvalue weighted by Crippen LogP contribution is 2.37. The molecule has 12 heavy (non-hydrogen) atoms. The minimum Gasteiger partial charge on any atom is -0.403 e. The molecule has 0 bridgehead atoms. The highest BCUT2D eigenvalue weighted by molar-refractivity contribution is 6.43. The Morgan fingerprint density at radius 2 is 2.08 bits per heavy atom. The quantitative estimate of drug-likeness (QED) is 0.538. The second-order valence-corrected chi connectivity index (χ2v) is 4.21. The van der Waals surface area contributed by atoms with Gasteiger partial charge in [0.05, 0.1) is 0 Å². The van der Waals surface area contributed by atoms with Crippen LogP contribution in [0.2, 0.25) is 5.82 Å². The first-order valence-corrected chi connectivity index (χ1v) is 4.91. The van der Waals surface area contributed by atoms with E-state index in [4.69, 9.17) is 0 Å². The van der Waals surface area contributed by atoms with Crippen LogP contribution in [0.3, 0.4) is 0 Å². The van der Waals surface area contributed by atoms with Crippen LogP contribution in [-0.2, 0) is 4.79 Å². The van der Waals surface area contributed by atoms with Gasteiger partial charge in [-0.2, -0.15) is 0 Å². The van der Waals surface area contributed by atoms with Crippen molar-refractivity contribution in [2.24, 2.45) is 11.8 Å². The smallest absolute Gasteiger partial charge is 0.250 e. The molecular weight excluding hydrogens is 149 g/mol. The molecule has 2 rings (SSSR count). The van der Waals surface area contributed by atoms with Gasteiger partial charge in [-0.15, -0.1) is 0 Å². The number of hydrogen-bond acceptors (Lipinski definition) is 1. The predicted octanol–water partition coefficient (Wildman–Crippen LogP) is 1.35. The van der Waals surface area contributed by atoms with Crippen molar-refractivity contribution in [1.82, 2.24) is 5.23 Å². The summed E-state index contributed by atoms with van der Waals surface area (Å²) in [5.74, 6) is 1.91. The molecule has 65 valence electrons. The van der Waals surface area contributed by atoms with Crippen LogP contribution in [0.25, 0.3) is 0 Å². The fourth-order valence-electron chi connectivity index (χ4n) is 2.32. The molecule has 1 aliphatic heterocycles. The molecule has 1 amide bonds. The third-order valence-electron chi connectivity index (χ3n) is 3.26. The molecule has 1 saturated heterocycles. The Kier molecular flexibility index (Phi) is 2.12. The average Bonchev–Trinajstić information content (AvgIpc) is 2.28. The molecule has 2 nitrogen and oxygen atoms in total. The van der Waals surface area contributed by atoms with E-state index in [9.17, 15) is 4.79 Å². The van der Waals surface area contributed by atoms with Crippen molar-refractivity contribution in [2.75, 3.05) is 0 Å². The van der Waals surface area contributed by atoms with E-state index < -0.39 is 0 Å². The molecular formula is C9H15BNO. The second-order valence-electron chi connectivity index (χ2n) is 4.21. The van der Waals surface area contributed by atoms with E-state index in [1.54, 1.807) is 0 Å². The van der Waals surface area contributed by atoms with E-state index in [1.807, 2.05) is 7.41 Å². The van der Waals surface area contributed by atoms with Gasteiger partial charge in [-0.05, 0) is 24.6 Å². The summed E-state index contributed by atoms with van der Waals surface area (Å²) in [5.41, 5.74) is 0. The summed E-state index contributed by atoms with van der Waals surface area (Å²) in [6.45, 7) is 2.29. The van der Waals surface area contributed by atoms with Crippen molar-refractivity contribution in [3.63, 3.8) is 0 Å². The minimum absolute atomic E-state index is 0.258. The number of carbonyl (C=O) groups excluding carboxylic acids is 1. The number of amides is 1. The van der Waals surface area contributed by atoms with E-state index in [-0.39, 0.29) is 5.91 Å². The van der Waals surface area contributed by atoms with E-state index in [0.29, 0.717) is 11.7 Å². The molecule has 2 fully saturated rings. The monoisotopic (exact) mass is 164 g/mol. The zero-order valence-electron chi connectivity index (χ0n) is 7.55. The molecule has 0 spiro atoms. The van der Waals surface area contributed by atoms with Crippen molar-refractivity contribution >= 4 is 13.3 Å². The van der Waals surface area contributed by atoms with Crippen LogP contribution >= 0.6 is 0 Å². The third kappa shape index (κ3) is 1.37. The fourth-order valence-corrected chi connectivity index (χ4v) is 2.32. The van der Waals surface area contributed by atoms with Crippen LogP contribution in [0.4, 0.5) is 0 Å². The van der Waals surface area contributed by atoms with E-state index in [1.165, 1.54) is 19.3 Å². The molecule has 1 radical (unpaired) electrons. The Bertz CT molecular complexity index is 195. The molecule has 1 aliphatic carbocycles. The summed E-state index contributed by atoms with van der Waals surface area (Å²) < 4.78 is 0. The van der Waals surface area contributed by atoms with E-state index in [0.717, 1.165) is 12.3 Å². The lowest BCUT2D eigenvalue weighted by Crippen LogP contribution is -2.20. The molecule has 0 aromatic carbocycles. The topological polar surface area (TPSA) is 29.1 Å². The van der Waals surface area contributed by atoms with Gasteiger partial charge in [0.2, 0.25) is 13.3 Å². The predicted molar refractivity (Wildman–Crippen MR) is 48.8 cm³/mol. The lowest BCUT2D eigenvalue weighted by Gasteiger charge is -2.10. The molecule has 1 N–H and O–H groups in total. The SMILES string of the molecule is CC1CCC2[B]NC(=O)C2CC1. The largest absolute Gasteiger partial charge is 0.403 e. The fraction of sp³-hybridized carbons (Fsp3) is 0.889. The van der Waals surface area contributed by atoms with Crippen molar-refractivity contribution in [2.45, 2.75) is 38.4 Å². The molecule has 0 aromatic rings. The first-order chi connectivity index (χ1) is 5.77. The van der Waals surface area contributed by atoms with Crippen LogP contribution in [0.5, 0.6) is 0 Å². The summed E-state index contributed by atoms with van der Waals surface area (Å²) >= 11 is 0. The maximum Gasteiger partial charge on any atom is 0.250 e. The molecule has 1 saturated carbocycles. The number of fused-ring (bicyclic) bond motifs is 1. The first-order valence-electron chi connectivity index (χ1n) is 4.91. The van der Waals surface area contributed by atoms with Crippen molar-refractivity contribution < 1.29 is 4.79 Å². The van der Waals surface area contributed by atoms with Gasteiger partial charge in [-0.3, -0.25) is 4.79 Å². The number of nitrogens with one attached hydrogen (secondary N) is 1. The number of rotatable bonds is 0. The summed E-state index contributed by atoms with van der Waals surface area (Å²) in [5, 5.41) is 2.84. The highest BCUT2D eigenvalue weighted by Gasteiger charge is 2.36. The highest BCUT2D eigenvalue weighted by atomic mass is 16.1. The lowest BCUT2D eigenvalue weighted by molar-refractivity contribution is -0.122. The first kappa shape index (κ1) is 8.15. The zero-order valence-corrected chi connectivity index (χ0v) is 7.55. The van der Waals surface area contributed by atoms with Crippen LogP contribution in [-0.4, -0.2) is 13.3 Å². The Morgan fingerprint density at radius 1 is 1.33 bits per heavy atom. The van der Waals surface area contributed by atoms with Gasteiger partial charge in [0.1, 0.15) is 0 Å². The third-order valence-corrected chi connectivity index (χ3v) is 3.26. The zero-order chi connectivity index (χ0) is 8.55. The number of carbonyl (C=O) groups is 1. The lowest BCUT2D eigenvalue weighted by atomic mass is 9.70. The normalized spacial score (nSPS) is 41.1. The summed E-state index contributed by atoms with van der Waals surface area (Å²) in [7, 11) is 2.00. The van der Waals surface area contributed by atoms with Gasteiger partial charge in [-0.1, -0.05) is 19.8 Å². The Balaban J connectivity index is 2.04. The van der Waals surface area contributed by atoms with Crippen molar-refractivity contribution in [3.05, 3.63) is 0 Å². The Morgan fingerprint density at radius 3 is 2.92 bits per heavy atom. The molecule has 1 heterocycles. The second kappa shape index (κ2) is 3.12. The van der Waals surface area contributed by atoms with E-state index >= 15 is 0 Å². The summed E-state index contributed by atoms with van der Waals surface area (Å²) in [6.07, 6.45) is 4.80. The maximum absolute atomic E-state index is 11.3. The average molecular weight is 164 g/mol. The van der Waals surface area contributed by atoms with Gasteiger partial charge in [-0.25, -0.2) is 0 Å². The molecule has 3 heteroatoms. The van der Waals surface area contributed by atoms with Gasteiger partial charge >= 0.3 is 0 Å². The molecule has 0 aromatic heterocycles. The Hall–Kier alpha value is -0.465. The van der Waals surface area contributed by atoms with Crippen LogP contribution in [0.15, 0.2) is 0 Å². The van der Waals surface area contributed by atoms with Crippen molar-refractivity contribution in [3.8, 4) is 0 Å². The standard InChI is InChI=1S/C9H15BNO/c1-6-2-4-7-8(5-3-6)10-11-9(7)12/h6-8H,2-5H2,1H3,(H,11,12). The summed E-state index contributed by atoms with van der Waals surface area (Å²) in [6, 6.07) is 0.